The molecule has 2 aromatic carbocycles. The third kappa shape index (κ3) is 4.60. The van der Waals surface area contributed by atoms with E-state index in [-0.39, 0.29) is 23.1 Å². The Bertz CT molecular complexity index is 1210. The van der Waals surface area contributed by atoms with Gasteiger partial charge in [0.2, 0.25) is 0 Å². The molecular weight excluding hydrogens is 504 g/mol. The highest BCUT2D eigenvalue weighted by Crippen LogP contribution is 2.49. The average Bonchev–Trinajstić information content (AvgIpc) is 3.34. The molecule has 3 aliphatic heterocycles. The van der Waals surface area contributed by atoms with E-state index in [0.29, 0.717) is 11.0 Å². The number of aliphatic imine (C=N–C) groups is 1. The topological polar surface area (TPSA) is 69.2 Å². The van der Waals surface area contributed by atoms with E-state index in [1.165, 1.54) is 6.07 Å². The van der Waals surface area contributed by atoms with E-state index in [0.717, 1.165) is 11.8 Å². The summed E-state index contributed by atoms with van der Waals surface area (Å²) in [7, 11) is -0.772. The van der Waals surface area contributed by atoms with Crippen LogP contribution in [0.4, 0.5) is 13.2 Å². The second kappa shape index (κ2) is 9.45. The Hall–Kier alpha value is -2.34. The number of nitrogens with one attached hydrogen (secondary N) is 1. The van der Waals surface area contributed by atoms with E-state index < -0.39 is 54.0 Å². The molecule has 3 heterocycles. The quantitative estimate of drug-likeness (QED) is 0.600. The highest BCUT2D eigenvalue weighted by molar-refractivity contribution is 8.13. The van der Waals surface area contributed by atoms with Crippen LogP contribution < -0.4 is 10.8 Å². The van der Waals surface area contributed by atoms with Crippen LogP contribution in [-0.4, -0.2) is 54.3 Å². The Kier molecular flexibility index (Phi) is 6.71. The molecule has 0 unspecified atom stereocenters. The van der Waals surface area contributed by atoms with Gasteiger partial charge in [-0.3, -0.25) is 4.79 Å². The molecule has 0 saturated carbocycles. The van der Waals surface area contributed by atoms with Crippen molar-refractivity contribution >= 4 is 35.4 Å². The van der Waals surface area contributed by atoms with Crippen molar-refractivity contribution in [3.05, 3.63) is 65.5 Å². The molecule has 2 saturated heterocycles. The molecule has 2 aromatic rings. The lowest BCUT2D eigenvalue weighted by Crippen LogP contribution is -2.46. The molecule has 5 rings (SSSR count). The maximum atomic E-state index is 15.5. The fourth-order valence-electron chi connectivity index (χ4n) is 4.86. The first-order valence-corrected chi connectivity index (χ1v) is 13.1. The minimum atomic E-state index is -2.77. The monoisotopic (exact) mass is 532 g/mol. The fraction of sp³-hybridized carbons (Fsp3) is 0.462. The Morgan fingerprint density at radius 3 is 2.43 bits per heavy atom. The summed E-state index contributed by atoms with van der Waals surface area (Å²) in [5.74, 6) is -1.63. The standard InChI is InChI=1S/C26H28BF3N2O4S/c1-24(2)25(3,4)36-27(35-24)16-10-11-19(28)17(12-16)26-14-34-20(21(29)30)18(26)13-37-23(32-26)31-22(33)15-8-6-5-7-9-15/h5-12,18,20-21H,13-14H2,1-4H3,(H,31,32,33)/t18-,20+,26-/m1/s1. The van der Waals surface area contributed by atoms with Gasteiger partial charge >= 0.3 is 7.12 Å². The van der Waals surface area contributed by atoms with Gasteiger partial charge < -0.3 is 19.4 Å². The van der Waals surface area contributed by atoms with Gasteiger partial charge in [0, 0.05) is 22.8 Å². The highest BCUT2D eigenvalue weighted by atomic mass is 32.2. The first-order valence-electron chi connectivity index (χ1n) is 12.1. The van der Waals surface area contributed by atoms with Crippen LogP contribution in [-0.2, 0) is 19.6 Å². The van der Waals surface area contributed by atoms with E-state index in [4.69, 9.17) is 19.0 Å². The summed E-state index contributed by atoms with van der Waals surface area (Å²) in [5.41, 5.74) is -1.59. The van der Waals surface area contributed by atoms with Crippen LogP contribution in [0.1, 0.15) is 43.6 Å². The van der Waals surface area contributed by atoms with Crippen LogP contribution in [0.5, 0.6) is 0 Å². The number of ether oxygens (including phenoxy) is 1. The molecule has 6 nitrogen and oxygen atoms in total. The molecule has 1 N–H and O–H groups in total. The third-order valence-corrected chi connectivity index (χ3v) is 8.69. The normalized spacial score (nSPS) is 28.2. The lowest BCUT2D eigenvalue weighted by molar-refractivity contribution is -0.0359. The number of halogens is 3. The molecule has 1 amide bonds. The maximum absolute atomic E-state index is 15.5. The van der Waals surface area contributed by atoms with Gasteiger partial charge in [0.15, 0.2) is 5.17 Å². The van der Waals surface area contributed by atoms with Crippen molar-refractivity contribution in [2.24, 2.45) is 10.9 Å². The van der Waals surface area contributed by atoms with E-state index in [2.05, 4.69) is 5.32 Å². The first kappa shape index (κ1) is 26.3. The molecule has 0 aromatic heterocycles. The van der Waals surface area contributed by atoms with Crippen LogP contribution in [0.15, 0.2) is 53.5 Å². The molecule has 0 aliphatic carbocycles. The first-order chi connectivity index (χ1) is 17.4. The molecule has 3 atom stereocenters. The summed E-state index contributed by atoms with van der Waals surface area (Å²) in [6.45, 7) is 7.40. The molecule has 2 fully saturated rings. The van der Waals surface area contributed by atoms with Gasteiger partial charge in [0.05, 0.1) is 17.8 Å². The Labute approximate surface area is 218 Å². The van der Waals surface area contributed by atoms with Gasteiger partial charge in [0.1, 0.15) is 17.5 Å². The number of carbonyl (C=O) groups is 1. The van der Waals surface area contributed by atoms with Crippen LogP contribution in [0.2, 0.25) is 0 Å². The summed E-state index contributed by atoms with van der Waals surface area (Å²) in [5, 5.41) is 2.98. The second-order valence-electron chi connectivity index (χ2n) is 10.5. The molecule has 11 heteroatoms. The number of fused-ring (bicyclic) bond motifs is 1. The van der Waals surface area contributed by atoms with Crippen LogP contribution in [0, 0.1) is 11.7 Å². The predicted molar refractivity (Wildman–Crippen MR) is 137 cm³/mol. The molecule has 3 aliphatic rings. The summed E-state index contributed by atoms with van der Waals surface area (Å²) >= 11 is 1.14. The van der Waals surface area contributed by atoms with E-state index in [1.807, 2.05) is 27.7 Å². The van der Waals surface area contributed by atoms with Gasteiger partial charge in [-0.2, -0.15) is 0 Å². The third-order valence-electron chi connectivity index (χ3n) is 7.69. The number of alkyl halides is 2. The Morgan fingerprint density at radius 2 is 1.78 bits per heavy atom. The van der Waals surface area contributed by atoms with Crippen molar-refractivity contribution in [3.63, 3.8) is 0 Å². The maximum Gasteiger partial charge on any atom is 0.494 e. The fourth-order valence-corrected chi connectivity index (χ4v) is 6.05. The molecule has 37 heavy (non-hydrogen) atoms. The molecule has 196 valence electrons. The average molecular weight is 532 g/mol. The molecular formula is C26H28BF3N2O4S. The summed E-state index contributed by atoms with van der Waals surface area (Å²) in [6.07, 6.45) is -4.18. The largest absolute Gasteiger partial charge is 0.494 e. The van der Waals surface area contributed by atoms with Gasteiger partial charge in [-0.05, 0) is 51.4 Å². The number of amides is 1. The summed E-state index contributed by atoms with van der Waals surface area (Å²) in [6, 6.07) is 13.0. The van der Waals surface area contributed by atoms with Gasteiger partial charge in [-0.25, -0.2) is 18.2 Å². The minimum absolute atomic E-state index is 0.111. The zero-order valence-corrected chi connectivity index (χ0v) is 21.8. The number of thioether (sulfide) groups is 1. The number of rotatable bonds is 4. The van der Waals surface area contributed by atoms with Crippen LogP contribution in [0.25, 0.3) is 0 Å². The number of nitrogens with zero attached hydrogens (tertiary/aromatic N) is 1. The smallest absolute Gasteiger partial charge is 0.399 e. The number of hydrogen-bond acceptors (Lipinski definition) is 6. The van der Waals surface area contributed by atoms with Crippen molar-refractivity contribution < 1.29 is 32.0 Å². The summed E-state index contributed by atoms with van der Waals surface area (Å²) < 4.78 is 61.1. The van der Waals surface area contributed by atoms with Crippen molar-refractivity contribution in [1.82, 2.24) is 5.32 Å². The predicted octanol–water partition coefficient (Wildman–Crippen LogP) is 4.13. The van der Waals surface area contributed by atoms with Crippen LogP contribution >= 0.6 is 11.8 Å². The van der Waals surface area contributed by atoms with E-state index in [1.54, 1.807) is 42.5 Å². The lowest BCUT2D eigenvalue weighted by atomic mass is 9.73. The Balaban J connectivity index is 1.54. The van der Waals surface area contributed by atoms with Crippen LogP contribution in [0.3, 0.4) is 0 Å². The summed E-state index contributed by atoms with van der Waals surface area (Å²) in [4.78, 5) is 17.5. The van der Waals surface area contributed by atoms with Gasteiger partial charge in [0.25, 0.3) is 12.3 Å². The molecule has 0 spiro atoms. The Morgan fingerprint density at radius 1 is 1.11 bits per heavy atom. The van der Waals surface area contributed by atoms with Crippen molar-refractivity contribution in [2.75, 3.05) is 12.4 Å². The highest BCUT2D eigenvalue weighted by Gasteiger charge is 2.58. The van der Waals surface area contributed by atoms with Crippen molar-refractivity contribution in [2.45, 2.75) is 57.0 Å². The van der Waals surface area contributed by atoms with E-state index in [9.17, 15) is 13.6 Å². The SMILES string of the molecule is CC1(C)OB(c2ccc(F)c([C@]34CO[C@H](C(F)F)[C@H]3CSC(NC(=O)c3ccccc3)=N4)c2)OC1(C)C. The number of benzene rings is 2. The molecule has 0 bridgehead atoms. The van der Waals surface area contributed by atoms with E-state index >= 15 is 4.39 Å². The van der Waals surface area contributed by atoms with Crippen molar-refractivity contribution in [3.8, 4) is 0 Å². The number of carbonyl (C=O) groups excluding carboxylic acids is 1. The number of hydrogen-bond donors (Lipinski definition) is 1. The lowest BCUT2D eigenvalue weighted by Gasteiger charge is -2.36. The van der Waals surface area contributed by atoms with Crippen molar-refractivity contribution in [1.29, 1.82) is 0 Å². The number of amidine groups is 1. The second-order valence-corrected chi connectivity index (χ2v) is 11.5. The zero-order valence-electron chi connectivity index (χ0n) is 21.0. The minimum Gasteiger partial charge on any atom is -0.399 e. The zero-order chi connectivity index (χ0) is 26.6. The van der Waals surface area contributed by atoms with Gasteiger partial charge in [-0.1, -0.05) is 42.1 Å². The van der Waals surface area contributed by atoms with Gasteiger partial charge in [-0.15, -0.1) is 0 Å². The molecule has 0 radical (unpaired) electrons.